The van der Waals surface area contributed by atoms with Gasteiger partial charge in [0.2, 0.25) is 0 Å². The van der Waals surface area contributed by atoms with Crippen molar-refractivity contribution < 1.29 is 35.8 Å². The Balaban J connectivity index is 2.32. The number of sulfonamides is 1. The van der Waals surface area contributed by atoms with Crippen molar-refractivity contribution in [2.45, 2.75) is 11.3 Å². The molecule has 0 saturated heterocycles. The topological polar surface area (TPSA) is 73.9 Å². The van der Waals surface area contributed by atoms with Gasteiger partial charge >= 0.3 is 6.36 Å². The number of methoxy groups -OCH3 is 2. The molecular formula is C15H14F3NO5S. The maximum absolute atomic E-state index is 12.4. The van der Waals surface area contributed by atoms with Crippen LogP contribution in [0.2, 0.25) is 0 Å². The molecule has 0 aliphatic rings. The average molecular weight is 377 g/mol. The van der Waals surface area contributed by atoms with E-state index in [0.717, 1.165) is 24.3 Å². The summed E-state index contributed by atoms with van der Waals surface area (Å²) in [6.07, 6.45) is -4.92. The maximum Gasteiger partial charge on any atom is 0.573 e. The van der Waals surface area contributed by atoms with Crippen molar-refractivity contribution in [1.82, 2.24) is 0 Å². The molecule has 2 rings (SSSR count). The van der Waals surface area contributed by atoms with E-state index in [4.69, 9.17) is 9.47 Å². The molecule has 10 heteroatoms. The molecule has 0 saturated carbocycles. The summed E-state index contributed by atoms with van der Waals surface area (Å²) in [6.45, 7) is 0. The third kappa shape index (κ3) is 5.18. The van der Waals surface area contributed by atoms with Crippen LogP contribution in [0.25, 0.3) is 0 Å². The normalized spacial score (nSPS) is 11.7. The van der Waals surface area contributed by atoms with Gasteiger partial charge in [-0.2, -0.15) is 0 Å². The Labute approximate surface area is 142 Å². The molecule has 0 unspecified atom stereocenters. The molecule has 2 aromatic rings. The summed E-state index contributed by atoms with van der Waals surface area (Å²) in [5.41, 5.74) is 0.123. The van der Waals surface area contributed by atoms with E-state index in [1.807, 2.05) is 0 Å². The first-order valence-corrected chi connectivity index (χ1v) is 8.23. The predicted octanol–water partition coefficient (Wildman–Crippen LogP) is 3.40. The summed E-state index contributed by atoms with van der Waals surface area (Å²) in [6, 6.07) is 8.39. The Hall–Kier alpha value is -2.62. The van der Waals surface area contributed by atoms with E-state index in [-0.39, 0.29) is 5.69 Å². The van der Waals surface area contributed by atoms with Gasteiger partial charge in [0.1, 0.15) is 17.2 Å². The summed E-state index contributed by atoms with van der Waals surface area (Å²) in [4.78, 5) is -0.393. The first-order chi connectivity index (χ1) is 11.6. The van der Waals surface area contributed by atoms with Gasteiger partial charge < -0.3 is 14.2 Å². The molecule has 136 valence electrons. The number of halogens is 3. The molecule has 0 fully saturated rings. The number of benzene rings is 2. The van der Waals surface area contributed by atoms with Crippen LogP contribution in [0.5, 0.6) is 17.2 Å². The van der Waals surface area contributed by atoms with Gasteiger partial charge in [-0.15, -0.1) is 13.2 Å². The van der Waals surface area contributed by atoms with Gasteiger partial charge in [0.05, 0.1) is 24.8 Å². The minimum atomic E-state index is -4.92. The highest BCUT2D eigenvalue weighted by Crippen LogP contribution is 2.29. The lowest BCUT2D eigenvalue weighted by Crippen LogP contribution is -2.18. The SMILES string of the molecule is COc1cc(NS(=O)(=O)c2cccc(OC(F)(F)F)c2)cc(OC)c1. The fourth-order valence-electron chi connectivity index (χ4n) is 1.92. The van der Waals surface area contributed by atoms with Crippen molar-refractivity contribution in [1.29, 1.82) is 0 Å². The van der Waals surface area contributed by atoms with E-state index in [9.17, 15) is 21.6 Å². The van der Waals surface area contributed by atoms with Gasteiger partial charge in [0, 0.05) is 24.3 Å². The van der Waals surface area contributed by atoms with Crippen molar-refractivity contribution in [3.8, 4) is 17.2 Å². The molecular weight excluding hydrogens is 363 g/mol. The number of hydrogen-bond acceptors (Lipinski definition) is 5. The van der Waals surface area contributed by atoms with E-state index >= 15 is 0 Å². The minimum absolute atomic E-state index is 0.123. The fraction of sp³-hybridized carbons (Fsp3) is 0.200. The van der Waals surface area contributed by atoms with Crippen molar-refractivity contribution in [3.05, 3.63) is 42.5 Å². The van der Waals surface area contributed by atoms with Gasteiger partial charge in [-0.25, -0.2) is 8.42 Å². The van der Waals surface area contributed by atoms with E-state index in [1.54, 1.807) is 0 Å². The molecule has 0 aliphatic heterocycles. The number of rotatable bonds is 6. The van der Waals surface area contributed by atoms with Crippen molar-refractivity contribution in [3.63, 3.8) is 0 Å². The number of alkyl halides is 3. The summed E-state index contributed by atoms with van der Waals surface area (Å²) in [7, 11) is -1.36. The largest absolute Gasteiger partial charge is 0.573 e. The average Bonchev–Trinajstić information content (AvgIpc) is 2.52. The second-order valence-corrected chi connectivity index (χ2v) is 6.41. The summed E-state index contributed by atoms with van der Waals surface area (Å²) >= 11 is 0. The van der Waals surface area contributed by atoms with Gasteiger partial charge in [-0.3, -0.25) is 4.72 Å². The Kier molecular flexibility index (Phi) is 5.31. The predicted molar refractivity (Wildman–Crippen MR) is 83.5 cm³/mol. The lowest BCUT2D eigenvalue weighted by atomic mass is 10.3. The second-order valence-electron chi connectivity index (χ2n) is 4.73. The number of ether oxygens (including phenoxy) is 3. The third-order valence-electron chi connectivity index (χ3n) is 2.95. The number of anilines is 1. The highest BCUT2D eigenvalue weighted by molar-refractivity contribution is 7.92. The molecule has 0 radical (unpaired) electrons. The molecule has 0 atom stereocenters. The lowest BCUT2D eigenvalue weighted by Gasteiger charge is -2.13. The van der Waals surface area contributed by atoms with Crippen LogP contribution in [0.4, 0.5) is 18.9 Å². The van der Waals surface area contributed by atoms with E-state index in [2.05, 4.69) is 9.46 Å². The first-order valence-electron chi connectivity index (χ1n) is 6.74. The quantitative estimate of drug-likeness (QED) is 0.835. The van der Waals surface area contributed by atoms with Crippen molar-refractivity contribution in [2.24, 2.45) is 0 Å². The van der Waals surface area contributed by atoms with Crippen LogP contribution in [-0.4, -0.2) is 29.0 Å². The Morgan fingerprint density at radius 2 is 1.52 bits per heavy atom. The van der Waals surface area contributed by atoms with Crippen LogP contribution in [0.3, 0.4) is 0 Å². The fourth-order valence-corrected chi connectivity index (χ4v) is 2.99. The third-order valence-corrected chi connectivity index (χ3v) is 4.33. The smallest absolute Gasteiger partial charge is 0.497 e. The highest BCUT2D eigenvalue weighted by Gasteiger charge is 2.31. The summed E-state index contributed by atoms with van der Waals surface area (Å²) in [5.74, 6) is 0.0380. The Bertz CT molecular complexity index is 830. The first kappa shape index (κ1) is 18.7. The molecule has 1 N–H and O–H groups in total. The Morgan fingerprint density at radius 3 is 2.04 bits per heavy atom. The van der Waals surface area contributed by atoms with Crippen molar-refractivity contribution >= 4 is 15.7 Å². The summed E-state index contributed by atoms with van der Waals surface area (Å²) < 4.78 is 77.6. The molecule has 6 nitrogen and oxygen atoms in total. The van der Waals surface area contributed by atoms with Crippen molar-refractivity contribution in [2.75, 3.05) is 18.9 Å². The molecule has 0 spiro atoms. The second kappa shape index (κ2) is 7.09. The highest BCUT2D eigenvalue weighted by atomic mass is 32.2. The molecule has 25 heavy (non-hydrogen) atoms. The number of nitrogens with one attached hydrogen (secondary N) is 1. The van der Waals surface area contributed by atoms with Crippen LogP contribution in [-0.2, 0) is 10.0 Å². The summed E-state index contributed by atoms with van der Waals surface area (Å²) in [5, 5.41) is 0. The molecule has 0 bridgehead atoms. The zero-order valence-electron chi connectivity index (χ0n) is 13.1. The molecule has 2 aromatic carbocycles. The molecule has 0 aromatic heterocycles. The Morgan fingerprint density at radius 1 is 0.920 bits per heavy atom. The van der Waals surface area contributed by atoms with Gasteiger partial charge in [-0.1, -0.05) is 6.07 Å². The number of hydrogen-bond donors (Lipinski definition) is 1. The van der Waals surface area contributed by atoms with E-state index < -0.39 is 27.0 Å². The van der Waals surface area contributed by atoms with E-state index in [1.165, 1.54) is 32.4 Å². The van der Waals surface area contributed by atoms with Crippen LogP contribution in [0, 0.1) is 0 Å². The zero-order valence-corrected chi connectivity index (χ0v) is 13.9. The zero-order chi connectivity index (χ0) is 18.7. The molecule has 0 aliphatic carbocycles. The maximum atomic E-state index is 12.4. The molecule has 0 amide bonds. The lowest BCUT2D eigenvalue weighted by molar-refractivity contribution is -0.274. The van der Waals surface area contributed by atoms with Crippen LogP contribution >= 0.6 is 0 Å². The minimum Gasteiger partial charge on any atom is -0.497 e. The van der Waals surface area contributed by atoms with Crippen LogP contribution in [0.15, 0.2) is 47.4 Å². The van der Waals surface area contributed by atoms with E-state index in [0.29, 0.717) is 11.5 Å². The molecule has 0 heterocycles. The van der Waals surface area contributed by atoms with Crippen LogP contribution < -0.4 is 18.9 Å². The van der Waals surface area contributed by atoms with Gasteiger partial charge in [-0.05, 0) is 12.1 Å². The van der Waals surface area contributed by atoms with Gasteiger partial charge in [0.25, 0.3) is 10.0 Å². The monoisotopic (exact) mass is 377 g/mol. The van der Waals surface area contributed by atoms with Crippen LogP contribution in [0.1, 0.15) is 0 Å². The van der Waals surface area contributed by atoms with Gasteiger partial charge in [0.15, 0.2) is 0 Å². The standard InChI is InChI=1S/C15H14F3NO5S/c1-22-12-6-10(7-13(8-12)23-2)19-25(20,21)14-5-3-4-11(9-14)24-15(16,17)18/h3-9,19H,1-2H3.